The van der Waals surface area contributed by atoms with E-state index in [9.17, 15) is 14.7 Å². The Morgan fingerprint density at radius 1 is 1.06 bits per heavy atom. The minimum Gasteiger partial charge on any atom is -0.507 e. The lowest BCUT2D eigenvalue weighted by Gasteiger charge is -2.25. The highest BCUT2D eigenvalue weighted by Gasteiger charge is 2.47. The van der Waals surface area contributed by atoms with Crippen molar-refractivity contribution in [3.05, 3.63) is 108 Å². The average Bonchev–Trinajstić information content (AvgIpc) is 3.13. The summed E-state index contributed by atoms with van der Waals surface area (Å²) in [6, 6.07) is 18.8. The average molecular weight is 469 g/mol. The number of pyridine rings is 1. The van der Waals surface area contributed by atoms with Crippen molar-refractivity contribution in [2.45, 2.75) is 32.2 Å². The Labute approximate surface area is 205 Å². The first kappa shape index (κ1) is 24.0. The molecule has 1 aliphatic heterocycles. The second-order valence-corrected chi connectivity index (χ2v) is 9.35. The molecule has 3 aromatic rings. The number of hydrogen-bond acceptors (Lipinski definition) is 5. The fourth-order valence-electron chi connectivity index (χ4n) is 4.07. The predicted octanol–water partition coefficient (Wildman–Crippen LogP) is 5.57. The van der Waals surface area contributed by atoms with Gasteiger partial charge in [-0.3, -0.25) is 14.5 Å². The zero-order chi connectivity index (χ0) is 25.2. The summed E-state index contributed by atoms with van der Waals surface area (Å²) in [6.45, 7) is 10.3. The van der Waals surface area contributed by atoms with Crippen molar-refractivity contribution in [2.75, 3.05) is 11.5 Å². The van der Waals surface area contributed by atoms with Gasteiger partial charge in [-0.05, 0) is 52.9 Å². The maximum Gasteiger partial charge on any atom is 0.301 e. The van der Waals surface area contributed by atoms with Gasteiger partial charge in [0.1, 0.15) is 23.9 Å². The minimum atomic E-state index is -0.824. The van der Waals surface area contributed by atoms with E-state index < -0.39 is 17.7 Å². The number of aliphatic hydroxyl groups is 1. The maximum atomic E-state index is 13.2. The topological polar surface area (TPSA) is 79.7 Å². The van der Waals surface area contributed by atoms with Crippen molar-refractivity contribution in [3.8, 4) is 5.75 Å². The molecule has 6 nitrogen and oxygen atoms in total. The molecule has 0 spiro atoms. The molecule has 1 fully saturated rings. The van der Waals surface area contributed by atoms with E-state index >= 15 is 0 Å². The number of Topliss-reactive ketones (excluding diaryl/α,β-unsaturated/α-hetero) is 1. The van der Waals surface area contributed by atoms with Crippen LogP contribution in [-0.2, 0) is 15.0 Å². The molecule has 2 aromatic carbocycles. The molecular formula is C29H28N2O4. The highest BCUT2D eigenvalue weighted by Crippen LogP contribution is 2.42. The molecule has 1 N–H and O–H groups in total. The van der Waals surface area contributed by atoms with Crippen LogP contribution in [0.25, 0.3) is 5.76 Å². The van der Waals surface area contributed by atoms with E-state index in [-0.39, 0.29) is 16.7 Å². The highest BCUT2D eigenvalue weighted by molar-refractivity contribution is 6.51. The number of aromatic nitrogens is 1. The molecule has 2 heterocycles. The molecular weight excluding hydrogens is 440 g/mol. The largest absolute Gasteiger partial charge is 0.507 e. The monoisotopic (exact) mass is 468 g/mol. The molecule has 1 aromatic heterocycles. The van der Waals surface area contributed by atoms with Gasteiger partial charge in [-0.1, -0.05) is 63.8 Å². The van der Waals surface area contributed by atoms with Gasteiger partial charge in [0.2, 0.25) is 0 Å². The van der Waals surface area contributed by atoms with Crippen LogP contribution in [-0.4, -0.2) is 28.4 Å². The van der Waals surface area contributed by atoms with Crippen LogP contribution < -0.4 is 9.64 Å². The quantitative estimate of drug-likeness (QED) is 0.221. The van der Waals surface area contributed by atoms with E-state index in [1.54, 1.807) is 54.7 Å². The van der Waals surface area contributed by atoms with Gasteiger partial charge in [0.15, 0.2) is 0 Å². The van der Waals surface area contributed by atoms with Gasteiger partial charge in [-0.2, -0.15) is 0 Å². The molecule has 4 rings (SSSR count). The summed E-state index contributed by atoms with van der Waals surface area (Å²) in [5, 5.41) is 11.3. The number of carbonyl (C=O) groups is 2. The number of ether oxygens (including phenoxy) is 1. The van der Waals surface area contributed by atoms with Gasteiger partial charge in [-0.15, -0.1) is 0 Å². The Morgan fingerprint density at radius 3 is 2.31 bits per heavy atom. The Kier molecular flexibility index (Phi) is 6.56. The van der Waals surface area contributed by atoms with Gasteiger partial charge < -0.3 is 9.84 Å². The molecule has 0 aliphatic carbocycles. The molecule has 0 saturated carbocycles. The number of aliphatic hydroxyl groups excluding tert-OH is 1. The fourth-order valence-corrected chi connectivity index (χ4v) is 4.07. The van der Waals surface area contributed by atoms with Crippen LogP contribution in [0.2, 0.25) is 0 Å². The van der Waals surface area contributed by atoms with E-state index in [0.29, 0.717) is 29.3 Å². The molecule has 1 atom stereocenters. The summed E-state index contributed by atoms with van der Waals surface area (Å²) in [5.74, 6) is -0.801. The molecule has 0 bridgehead atoms. The Morgan fingerprint density at radius 2 is 1.74 bits per heavy atom. The SMILES string of the molecule is C=CCOc1ccc(/C(O)=C2\C(=O)C(=O)N(c3ccccn3)[C@@H]2c2ccc(C(C)(C)C)cc2)cc1. The highest BCUT2D eigenvalue weighted by atomic mass is 16.5. The first-order valence-corrected chi connectivity index (χ1v) is 11.4. The number of carbonyl (C=O) groups excluding carboxylic acids is 2. The maximum absolute atomic E-state index is 13.2. The minimum absolute atomic E-state index is 0.0175. The zero-order valence-electron chi connectivity index (χ0n) is 20.1. The first-order valence-electron chi connectivity index (χ1n) is 11.4. The van der Waals surface area contributed by atoms with Crippen molar-refractivity contribution in [3.63, 3.8) is 0 Å². The number of benzene rings is 2. The fraction of sp³-hybridized carbons (Fsp3) is 0.207. The van der Waals surface area contributed by atoms with E-state index in [0.717, 1.165) is 5.56 Å². The van der Waals surface area contributed by atoms with Gasteiger partial charge in [0, 0.05) is 11.8 Å². The third-order valence-corrected chi connectivity index (χ3v) is 5.93. The summed E-state index contributed by atoms with van der Waals surface area (Å²) >= 11 is 0. The van der Waals surface area contributed by atoms with E-state index in [1.807, 2.05) is 24.3 Å². The summed E-state index contributed by atoms with van der Waals surface area (Å²) < 4.78 is 5.50. The molecule has 6 heteroatoms. The van der Waals surface area contributed by atoms with Crippen LogP contribution in [0.1, 0.15) is 43.5 Å². The smallest absolute Gasteiger partial charge is 0.301 e. The van der Waals surface area contributed by atoms with Crippen molar-refractivity contribution in [2.24, 2.45) is 0 Å². The van der Waals surface area contributed by atoms with Crippen molar-refractivity contribution < 1.29 is 19.4 Å². The van der Waals surface area contributed by atoms with Crippen LogP contribution in [0, 0.1) is 0 Å². The van der Waals surface area contributed by atoms with E-state index in [1.165, 1.54) is 4.90 Å². The summed E-state index contributed by atoms with van der Waals surface area (Å²) in [7, 11) is 0. The van der Waals surface area contributed by atoms with Gasteiger partial charge >= 0.3 is 5.91 Å². The van der Waals surface area contributed by atoms with Crippen LogP contribution in [0.15, 0.2) is 91.2 Å². The van der Waals surface area contributed by atoms with Gasteiger partial charge in [-0.25, -0.2) is 4.98 Å². The number of amides is 1. The molecule has 178 valence electrons. The molecule has 0 radical (unpaired) electrons. The number of anilines is 1. The lowest BCUT2D eigenvalue weighted by molar-refractivity contribution is -0.132. The standard InChI is InChI=1S/C29H28N2O4/c1-5-18-35-22-15-11-20(12-16-22)26(32)24-25(19-9-13-21(14-10-19)29(2,3)4)31(28(34)27(24)33)23-8-6-7-17-30-23/h5-17,25,32H,1,18H2,2-4H3/b26-24+/t25-/m1/s1. The Hall–Kier alpha value is -4.19. The lowest BCUT2D eigenvalue weighted by Crippen LogP contribution is -2.30. The van der Waals surface area contributed by atoms with Crippen LogP contribution in [0.3, 0.4) is 0 Å². The van der Waals surface area contributed by atoms with Crippen LogP contribution in [0.5, 0.6) is 5.75 Å². The van der Waals surface area contributed by atoms with Crippen LogP contribution in [0.4, 0.5) is 5.82 Å². The second kappa shape index (κ2) is 9.58. The van der Waals surface area contributed by atoms with E-state index in [4.69, 9.17) is 4.74 Å². The zero-order valence-corrected chi connectivity index (χ0v) is 20.1. The number of nitrogens with zero attached hydrogens (tertiary/aromatic N) is 2. The third-order valence-electron chi connectivity index (χ3n) is 5.93. The first-order chi connectivity index (χ1) is 16.7. The second-order valence-electron chi connectivity index (χ2n) is 9.35. The summed E-state index contributed by atoms with van der Waals surface area (Å²) in [6.07, 6.45) is 3.20. The van der Waals surface area contributed by atoms with Gasteiger partial charge in [0.25, 0.3) is 5.78 Å². The summed E-state index contributed by atoms with van der Waals surface area (Å²) in [5.41, 5.74) is 2.19. The normalized spacial score (nSPS) is 17.5. The molecule has 0 unspecified atom stereocenters. The Bertz CT molecular complexity index is 1270. The summed E-state index contributed by atoms with van der Waals surface area (Å²) in [4.78, 5) is 32.1. The molecule has 35 heavy (non-hydrogen) atoms. The molecule has 1 aliphatic rings. The number of ketones is 1. The van der Waals surface area contributed by atoms with Gasteiger partial charge in [0.05, 0.1) is 11.6 Å². The van der Waals surface area contributed by atoms with E-state index in [2.05, 4.69) is 32.3 Å². The Balaban J connectivity index is 1.84. The van der Waals surface area contributed by atoms with Crippen molar-refractivity contribution in [1.29, 1.82) is 0 Å². The number of hydrogen-bond donors (Lipinski definition) is 1. The van der Waals surface area contributed by atoms with Crippen molar-refractivity contribution >= 4 is 23.3 Å². The predicted molar refractivity (Wildman–Crippen MR) is 136 cm³/mol. The van der Waals surface area contributed by atoms with Crippen LogP contribution >= 0.6 is 0 Å². The lowest BCUT2D eigenvalue weighted by atomic mass is 9.85. The third kappa shape index (κ3) is 4.73. The number of rotatable bonds is 6. The molecule has 1 amide bonds. The molecule has 1 saturated heterocycles. The van der Waals surface area contributed by atoms with Crippen molar-refractivity contribution in [1.82, 2.24) is 4.98 Å².